The number of guanidine groups is 1. The molecule has 1 heterocycles. The summed E-state index contributed by atoms with van der Waals surface area (Å²) in [4.78, 5) is 18.9. The van der Waals surface area contributed by atoms with Crippen molar-refractivity contribution in [2.75, 3.05) is 47.4 Å². The van der Waals surface area contributed by atoms with Crippen LogP contribution >= 0.6 is 24.0 Å². The second-order valence-corrected chi connectivity index (χ2v) is 8.26. The van der Waals surface area contributed by atoms with E-state index in [-0.39, 0.29) is 29.9 Å². The summed E-state index contributed by atoms with van der Waals surface area (Å²) in [5, 5.41) is 9.67. The number of hydrogen-bond donors (Lipinski definition) is 3. The number of benzene rings is 1. The molecule has 0 spiro atoms. The number of ether oxygens (including phenoxy) is 2. The lowest BCUT2D eigenvalue weighted by atomic mass is 9.92. The van der Waals surface area contributed by atoms with E-state index < -0.39 is 5.41 Å². The van der Waals surface area contributed by atoms with Gasteiger partial charge in [0.2, 0.25) is 5.91 Å². The van der Waals surface area contributed by atoms with Gasteiger partial charge in [0.05, 0.1) is 19.6 Å². The smallest absolute Gasteiger partial charge is 0.227 e. The van der Waals surface area contributed by atoms with Crippen LogP contribution in [-0.2, 0) is 11.3 Å². The van der Waals surface area contributed by atoms with E-state index in [0.717, 1.165) is 49.1 Å². The van der Waals surface area contributed by atoms with E-state index in [9.17, 15) is 4.79 Å². The highest BCUT2D eigenvalue weighted by Crippen LogP contribution is 2.24. The van der Waals surface area contributed by atoms with E-state index in [4.69, 9.17) is 9.47 Å². The summed E-state index contributed by atoms with van der Waals surface area (Å²) in [7, 11) is 5.09. The van der Waals surface area contributed by atoms with E-state index in [0.29, 0.717) is 19.1 Å². The summed E-state index contributed by atoms with van der Waals surface area (Å²) in [5.41, 5.74) is 0.652. The van der Waals surface area contributed by atoms with Crippen molar-refractivity contribution < 1.29 is 14.3 Å². The Bertz CT molecular complexity index is 720. The van der Waals surface area contributed by atoms with Crippen molar-refractivity contribution in [2.24, 2.45) is 10.4 Å². The van der Waals surface area contributed by atoms with E-state index in [1.165, 1.54) is 0 Å². The topological polar surface area (TPSA) is 87.2 Å². The average molecular weight is 547 g/mol. The van der Waals surface area contributed by atoms with Crippen LogP contribution in [0.5, 0.6) is 11.5 Å². The Kier molecular flexibility index (Phi) is 11.4. The van der Waals surface area contributed by atoms with Gasteiger partial charge in [-0.3, -0.25) is 14.7 Å². The monoisotopic (exact) mass is 547 g/mol. The van der Waals surface area contributed by atoms with Crippen LogP contribution in [0, 0.1) is 5.41 Å². The van der Waals surface area contributed by atoms with Crippen molar-refractivity contribution in [1.29, 1.82) is 0 Å². The maximum Gasteiger partial charge on any atom is 0.227 e. The molecule has 0 radical (unpaired) electrons. The third-order valence-corrected chi connectivity index (χ3v) is 5.30. The summed E-state index contributed by atoms with van der Waals surface area (Å²) in [6.07, 6.45) is 1.03. The van der Waals surface area contributed by atoms with Gasteiger partial charge in [-0.25, -0.2) is 0 Å². The van der Waals surface area contributed by atoms with Crippen molar-refractivity contribution in [1.82, 2.24) is 20.9 Å². The third kappa shape index (κ3) is 8.36. The van der Waals surface area contributed by atoms with Crippen LogP contribution in [-0.4, -0.2) is 70.3 Å². The molecule has 0 saturated carbocycles. The molecule has 1 aromatic rings. The van der Waals surface area contributed by atoms with Gasteiger partial charge in [0.15, 0.2) is 5.96 Å². The van der Waals surface area contributed by atoms with Gasteiger partial charge in [-0.15, -0.1) is 24.0 Å². The van der Waals surface area contributed by atoms with Gasteiger partial charge >= 0.3 is 0 Å². The Hall–Kier alpha value is -1.75. The predicted octanol–water partition coefficient (Wildman–Crippen LogP) is 2.22. The highest BCUT2D eigenvalue weighted by Gasteiger charge is 2.28. The van der Waals surface area contributed by atoms with Gasteiger partial charge in [-0.1, -0.05) is 0 Å². The van der Waals surface area contributed by atoms with Crippen molar-refractivity contribution in [2.45, 2.75) is 39.8 Å². The Balaban J connectivity index is 0.00000480. The van der Waals surface area contributed by atoms with Crippen molar-refractivity contribution in [3.63, 3.8) is 0 Å². The number of hydrogen-bond acceptors (Lipinski definition) is 5. The van der Waals surface area contributed by atoms with Crippen molar-refractivity contribution >= 4 is 35.8 Å². The van der Waals surface area contributed by atoms with Crippen molar-refractivity contribution in [3.8, 4) is 11.5 Å². The number of rotatable bonds is 9. The molecule has 1 aliphatic heterocycles. The van der Waals surface area contributed by atoms with Crippen LogP contribution in [0.4, 0.5) is 0 Å². The largest absolute Gasteiger partial charge is 0.497 e. The molecular formula is C22H38IN5O3. The SMILES string of the molecule is CCNC(=O)C(C)(C)CNC(=NC)NC1CCN(Cc2cc(OC)cc(OC)c2)C1.I. The van der Waals surface area contributed by atoms with Crippen LogP contribution in [0.15, 0.2) is 23.2 Å². The summed E-state index contributed by atoms with van der Waals surface area (Å²) < 4.78 is 10.7. The summed E-state index contributed by atoms with van der Waals surface area (Å²) in [5.74, 6) is 2.37. The van der Waals surface area contributed by atoms with E-state index >= 15 is 0 Å². The number of carbonyl (C=O) groups excluding carboxylic acids is 1. The number of halogens is 1. The Labute approximate surface area is 203 Å². The third-order valence-electron chi connectivity index (χ3n) is 5.30. The maximum absolute atomic E-state index is 12.2. The molecular weight excluding hydrogens is 509 g/mol. The molecule has 0 bridgehead atoms. The molecule has 176 valence electrons. The highest BCUT2D eigenvalue weighted by molar-refractivity contribution is 14.0. The van der Waals surface area contributed by atoms with Gasteiger partial charge in [-0.05, 0) is 44.9 Å². The number of amides is 1. The van der Waals surface area contributed by atoms with Gasteiger partial charge in [0.25, 0.3) is 0 Å². The minimum absolute atomic E-state index is 0. The first-order valence-electron chi connectivity index (χ1n) is 10.5. The van der Waals surface area contributed by atoms with Crippen LogP contribution in [0.3, 0.4) is 0 Å². The molecule has 1 atom stereocenters. The number of carbonyl (C=O) groups is 1. The lowest BCUT2D eigenvalue weighted by Crippen LogP contribution is -2.50. The zero-order valence-corrected chi connectivity index (χ0v) is 21.9. The molecule has 0 aromatic heterocycles. The van der Waals surface area contributed by atoms with Crippen LogP contribution in [0.2, 0.25) is 0 Å². The first kappa shape index (κ1) is 27.3. The van der Waals surface area contributed by atoms with Crippen molar-refractivity contribution in [3.05, 3.63) is 23.8 Å². The molecule has 0 aliphatic carbocycles. The first-order valence-corrected chi connectivity index (χ1v) is 10.5. The normalized spacial score (nSPS) is 17.0. The molecule has 1 fully saturated rings. The van der Waals surface area contributed by atoms with Gasteiger partial charge in [0.1, 0.15) is 11.5 Å². The summed E-state index contributed by atoms with van der Waals surface area (Å²) in [6.45, 7) is 9.68. The molecule has 1 amide bonds. The Morgan fingerprint density at radius 3 is 2.39 bits per heavy atom. The molecule has 1 unspecified atom stereocenters. The molecule has 1 saturated heterocycles. The fourth-order valence-corrected chi connectivity index (χ4v) is 3.48. The van der Waals surface area contributed by atoms with Gasteiger partial charge < -0.3 is 25.4 Å². The highest BCUT2D eigenvalue weighted by atomic mass is 127. The minimum Gasteiger partial charge on any atom is -0.497 e. The average Bonchev–Trinajstić information content (AvgIpc) is 3.17. The van der Waals surface area contributed by atoms with E-state index in [2.05, 4.69) is 25.8 Å². The van der Waals surface area contributed by atoms with E-state index in [1.807, 2.05) is 39.0 Å². The molecule has 3 N–H and O–H groups in total. The zero-order valence-electron chi connectivity index (χ0n) is 19.6. The maximum atomic E-state index is 12.2. The molecule has 8 nitrogen and oxygen atoms in total. The molecule has 9 heteroatoms. The van der Waals surface area contributed by atoms with Crippen LogP contribution in [0.1, 0.15) is 32.8 Å². The number of aliphatic imine (C=N–C) groups is 1. The van der Waals surface area contributed by atoms with Crippen LogP contribution in [0.25, 0.3) is 0 Å². The second-order valence-electron chi connectivity index (χ2n) is 8.26. The fourth-order valence-electron chi connectivity index (χ4n) is 3.48. The fraction of sp³-hybridized carbons (Fsp3) is 0.636. The predicted molar refractivity (Wildman–Crippen MR) is 136 cm³/mol. The van der Waals surface area contributed by atoms with Gasteiger partial charge in [0, 0.05) is 51.9 Å². The lowest BCUT2D eigenvalue weighted by molar-refractivity contribution is -0.128. The molecule has 1 aliphatic rings. The summed E-state index contributed by atoms with van der Waals surface area (Å²) >= 11 is 0. The second kappa shape index (κ2) is 12.9. The quantitative estimate of drug-likeness (QED) is 0.250. The van der Waals surface area contributed by atoms with Crippen LogP contribution < -0.4 is 25.4 Å². The first-order chi connectivity index (χ1) is 14.3. The molecule has 31 heavy (non-hydrogen) atoms. The minimum atomic E-state index is -0.513. The van der Waals surface area contributed by atoms with E-state index in [1.54, 1.807) is 21.3 Å². The zero-order chi connectivity index (χ0) is 22.1. The standard InChI is InChI=1S/C22H37N5O3.HI/c1-7-24-20(28)22(2,3)15-25-21(23-4)26-17-8-9-27(14-17)13-16-10-18(29-5)12-19(11-16)30-6;/h10-12,17H,7-9,13-15H2,1-6H3,(H,24,28)(H2,23,25,26);1H. The molecule has 1 aromatic carbocycles. The Morgan fingerprint density at radius 2 is 1.84 bits per heavy atom. The molecule has 2 rings (SSSR count). The number of methoxy groups -OCH3 is 2. The van der Waals surface area contributed by atoms with Gasteiger partial charge in [-0.2, -0.15) is 0 Å². The number of nitrogens with one attached hydrogen (secondary N) is 3. The Morgan fingerprint density at radius 1 is 1.19 bits per heavy atom. The lowest BCUT2D eigenvalue weighted by Gasteiger charge is -2.26. The summed E-state index contributed by atoms with van der Waals surface area (Å²) in [6, 6.07) is 6.28. The number of nitrogens with zero attached hydrogens (tertiary/aromatic N) is 2. The number of likely N-dealkylation sites (tertiary alicyclic amines) is 1.